The van der Waals surface area contributed by atoms with E-state index in [-0.39, 0.29) is 25.2 Å². The number of nitrogens with one attached hydrogen (secondary N) is 4. The van der Waals surface area contributed by atoms with Gasteiger partial charge in [0.05, 0.1) is 12.6 Å². The molecule has 0 radical (unpaired) electrons. The second kappa shape index (κ2) is 14.1. The van der Waals surface area contributed by atoms with Crippen molar-refractivity contribution in [3.05, 3.63) is 36.0 Å². The highest BCUT2D eigenvalue weighted by Gasteiger charge is 2.31. The lowest BCUT2D eigenvalue weighted by atomic mass is 10.0. The van der Waals surface area contributed by atoms with Crippen LogP contribution >= 0.6 is 0 Å². The molecule has 1 aromatic heterocycles. The number of para-hydroxylation sites is 1. The number of primary amides is 1. The van der Waals surface area contributed by atoms with E-state index in [1.54, 1.807) is 6.20 Å². The summed E-state index contributed by atoms with van der Waals surface area (Å²) in [5.74, 6) is -4.33. The minimum Gasteiger partial charge on any atom is -0.480 e. The molecule has 1 aromatic carbocycles. The average molecular weight is 533 g/mol. The van der Waals surface area contributed by atoms with E-state index in [1.807, 2.05) is 38.1 Å². The van der Waals surface area contributed by atoms with Gasteiger partial charge in [-0.2, -0.15) is 0 Å². The Morgan fingerprint density at radius 1 is 0.947 bits per heavy atom. The van der Waals surface area contributed by atoms with Crippen LogP contribution in [0.2, 0.25) is 0 Å². The predicted molar refractivity (Wildman–Crippen MR) is 138 cm³/mol. The van der Waals surface area contributed by atoms with Crippen LogP contribution in [0.25, 0.3) is 10.9 Å². The zero-order valence-electron chi connectivity index (χ0n) is 21.4. The maximum absolute atomic E-state index is 13.4. The first-order valence-corrected chi connectivity index (χ1v) is 12.3. The van der Waals surface area contributed by atoms with Crippen LogP contribution in [0.1, 0.15) is 38.7 Å². The summed E-state index contributed by atoms with van der Waals surface area (Å²) in [5, 5.41) is 26.5. The monoisotopic (exact) mass is 532 g/mol. The summed E-state index contributed by atoms with van der Waals surface area (Å²) in [4.78, 5) is 64.7. The third-order valence-electron chi connectivity index (χ3n) is 5.90. The maximum Gasteiger partial charge on any atom is 0.328 e. The lowest BCUT2D eigenvalue weighted by Crippen LogP contribution is -2.58. The lowest BCUT2D eigenvalue weighted by molar-refractivity contribution is -0.143. The summed E-state index contributed by atoms with van der Waals surface area (Å²) in [7, 11) is 0. The van der Waals surface area contributed by atoms with Gasteiger partial charge >= 0.3 is 5.97 Å². The van der Waals surface area contributed by atoms with Gasteiger partial charge in [-0.05, 0) is 30.4 Å². The number of aromatic nitrogens is 1. The first-order chi connectivity index (χ1) is 17.9. The number of fused-ring (bicyclic) bond motifs is 1. The number of rotatable bonds is 15. The Labute approximate surface area is 219 Å². The Balaban J connectivity index is 2.30. The third-order valence-corrected chi connectivity index (χ3v) is 5.90. The largest absolute Gasteiger partial charge is 0.480 e. The molecule has 0 fully saturated rings. The molecule has 10 N–H and O–H groups in total. The zero-order chi connectivity index (χ0) is 28.4. The quantitative estimate of drug-likeness (QED) is 0.140. The molecule has 2 aromatic rings. The molecule has 0 bridgehead atoms. The van der Waals surface area contributed by atoms with E-state index in [9.17, 15) is 29.1 Å². The molecule has 1 heterocycles. The number of carbonyl (C=O) groups is 5. The molecule has 13 heteroatoms. The van der Waals surface area contributed by atoms with Crippen molar-refractivity contribution in [3.63, 3.8) is 0 Å². The summed E-state index contributed by atoms with van der Waals surface area (Å²) >= 11 is 0. The molecule has 0 saturated carbocycles. The molecule has 4 amide bonds. The van der Waals surface area contributed by atoms with Crippen molar-refractivity contribution in [2.24, 2.45) is 17.4 Å². The van der Waals surface area contributed by atoms with Crippen LogP contribution in [0.5, 0.6) is 0 Å². The third kappa shape index (κ3) is 8.85. The fourth-order valence-electron chi connectivity index (χ4n) is 3.91. The zero-order valence-corrected chi connectivity index (χ0v) is 21.4. The molecular formula is C25H36N6O7. The minimum atomic E-state index is -1.62. The fraction of sp³-hybridized carbons (Fsp3) is 0.480. The van der Waals surface area contributed by atoms with Crippen LogP contribution in [0.4, 0.5) is 0 Å². The highest BCUT2D eigenvalue weighted by Crippen LogP contribution is 2.19. The number of carbonyl (C=O) groups excluding carboxylic acids is 4. The van der Waals surface area contributed by atoms with Gasteiger partial charge in [0, 0.05) is 29.9 Å². The Kier molecular flexibility index (Phi) is 11.2. The van der Waals surface area contributed by atoms with Crippen LogP contribution < -0.4 is 27.4 Å². The van der Waals surface area contributed by atoms with E-state index in [4.69, 9.17) is 16.6 Å². The maximum atomic E-state index is 13.4. The summed E-state index contributed by atoms with van der Waals surface area (Å²) in [6, 6.07) is 2.37. The Morgan fingerprint density at radius 3 is 2.16 bits per heavy atom. The molecule has 0 aliphatic carbocycles. The number of aromatic amines is 1. The van der Waals surface area contributed by atoms with Crippen LogP contribution in [0.15, 0.2) is 30.5 Å². The molecule has 38 heavy (non-hydrogen) atoms. The topological polar surface area (TPSA) is 230 Å². The number of aliphatic carboxylic acids is 1. The van der Waals surface area contributed by atoms with E-state index in [2.05, 4.69) is 20.9 Å². The summed E-state index contributed by atoms with van der Waals surface area (Å²) in [5.41, 5.74) is 12.8. The van der Waals surface area contributed by atoms with Crippen molar-refractivity contribution in [1.82, 2.24) is 20.9 Å². The number of benzene rings is 1. The van der Waals surface area contributed by atoms with Gasteiger partial charge in [0.25, 0.3) is 0 Å². The van der Waals surface area contributed by atoms with Crippen molar-refractivity contribution >= 4 is 40.5 Å². The molecule has 0 aliphatic heterocycles. The molecule has 13 nitrogen and oxygen atoms in total. The SMILES string of the molecule is CC(C)CC(N)C(=O)NC(Cc1c[nH]c2ccccc12)C(=O)NC(CCC(N)=O)C(=O)NC(CO)C(=O)O. The number of nitrogens with two attached hydrogens (primary N) is 2. The molecule has 4 unspecified atom stereocenters. The molecule has 0 spiro atoms. The molecule has 208 valence electrons. The van der Waals surface area contributed by atoms with Crippen LogP contribution in [-0.2, 0) is 30.4 Å². The first-order valence-electron chi connectivity index (χ1n) is 12.3. The van der Waals surface area contributed by atoms with Crippen LogP contribution in [-0.4, -0.2) is 75.6 Å². The second-order valence-electron chi connectivity index (χ2n) is 9.51. The van der Waals surface area contributed by atoms with Gasteiger partial charge in [0.1, 0.15) is 18.1 Å². The second-order valence-corrected chi connectivity index (χ2v) is 9.51. The van der Waals surface area contributed by atoms with Crippen LogP contribution in [0, 0.1) is 5.92 Å². The van der Waals surface area contributed by atoms with Gasteiger partial charge in [-0.15, -0.1) is 0 Å². The van der Waals surface area contributed by atoms with Gasteiger partial charge in [0.15, 0.2) is 0 Å². The predicted octanol–water partition coefficient (Wildman–Crippen LogP) is -1.12. The van der Waals surface area contributed by atoms with Gasteiger partial charge < -0.3 is 42.6 Å². The van der Waals surface area contributed by atoms with E-state index in [1.165, 1.54) is 0 Å². The average Bonchev–Trinajstić information content (AvgIpc) is 3.26. The number of hydrogen-bond acceptors (Lipinski definition) is 7. The molecule has 2 rings (SSSR count). The highest BCUT2D eigenvalue weighted by atomic mass is 16.4. The summed E-state index contributed by atoms with van der Waals surface area (Å²) < 4.78 is 0. The minimum absolute atomic E-state index is 0.0501. The van der Waals surface area contributed by atoms with E-state index in [0.717, 1.165) is 16.5 Å². The van der Waals surface area contributed by atoms with Crippen molar-refractivity contribution in [2.45, 2.75) is 63.7 Å². The number of carboxylic acid groups (broad SMARTS) is 1. The summed E-state index contributed by atoms with van der Waals surface area (Å²) in [6.07, 6.45) is 1.63. The molecule has 0 aliphatic rings. The highest BCUT2D eigenvalue weighted by molar-refractivity contribution is 5.95. The first kappa shape index (κ1) is 30.3. The van der Waals surface area contributed by atoms with E-state index >= 15 is 0 Å². The van der Waals surface area contributed by atoms with Gasteiger partial charge in [-0.25, -0.2) is 4.79 Å². The fourth-order valence-corrected chi connectivity index (χ4v) is 3.91. The number of aliphatic hydroxyl groups excluding tert-OH is 1. The standard InChI is InChI=1S/C25H36N6O7/c1-13(2)9-16(26)22(34)30-19(10-14-11-28-17-6-4-3-5-15(14)17)24(36)29-18(7-8-21(27)33)23(35)31-20(12-32)25(37)38/h3-6,11,13,16,18-20,28,32H,7-10,12,26H2,1-2H3,(H2,27,33)(H,29,36)(H,30,34)(H,31,35)(H,37,38). The van der Waals surface area contributed by atoms with E-state index in [0.29, 0.717) is 6.42 Å². The normalized spacial score (nSPS) is 14.3. The van der Waals surface area contributed by atoms with Crippen molar-refractivity contribution in [1.29, 1.82) is 0 Å². The van der Waals surface area contributed by atoms with Gasteiger partial charge in [0.2, 0.25) is 23.6 Å². The number of aliphatic hydroxyl groups is 1. The van der Waals surface area contributed by atoms with Crippen LogP contribution in [0.3, 0.4) is 0 Å². The van der Waals surface area contributed by atoms with Crippen molar-refractivity contribution < 1.29 is 34.2 Å². The van der Waals surface area contributed by atoms with E-state index < -0.39 is 60.4 Å². The molecule has 0 saturated heterocycles. The number of hydrogen-bond donors (Lipinski definition) is 8. The van der Waals surface area contributed by atoms with Crippen molar-refractivity contribution in [3.8, 4) is 0 Å². The molecule has 4 atom stereocenters. The Hall–Kier alpha value is -3.97. The Bertz CT molecular complexity index is 1150. The summed E-state index contributed by atoms with van der Waals surface area (Å²) in [6.45, 7) is 2.93. The van der Waals surface area contributed by atoms with Gasteiger partial charge in [-0.3, -0.25) is 19.2 Å². The number of H-pyrrole nitrogens is 1. The number of amides is 4. The molecular weight excluding hydrogens is 496 g/mol. The Morgan fingerprint density at radius 2 is 1.55 bits per heavy atom. The van der Waals surface area contributed by atoms with Crippen molar-refractivity contribution in [2.75, 3.05) is 6.61 Å². The smallest absolute Gasteiger partial charge is 0.328 e. The lowest BCUT2D eigenvalue weighted by Gasteiger charge is -2.25. The number of carboxylic acids is 1. The van der Waals surface area contributed by atoms with Gasteiger partial charge in [-0.1, -0.05) is 32.0 Å².